The zero-order valence-electron chi connectivity index (χ0n) is 12.8. The average Bonchev–Trinajstić information content (AvgIpc) is 3.27. The SMILES string of the molecule is Cc1csc(CC2CCN(C(=O)c3ccc4n[nH]nc4c3)C2)n1. The monoisotopic (exact) mass is 327 g/mol. The number of nitrogens with zero attached hydrogens (tertiary/aromatic N) is 4. The smallest absolute Gasteiger partial charge is 0.253 e. The topological polar surface area (TPSA) is 74.8 Å². The van der Waals surface area contributed by atoms with Crippen LogP contribution in [0.3, 0.4) is 0 Å². The molecule has 1 amide bonds. The number of rotatable bonds is 3. The predicted molar refractivity (Wildman–Crippen MR) is 88.5 cm³/mol. The van der Waals surface area contributed by atoms with E-state index >= 15 is 0 Å². The van der Waals surface area contributed by atoms with Crippen molar-refractivity contribution in [2.45, 2.75) is 19.8 Å². The first-order chi connectivity index (χ1) is 11.2. The van der Waals surface area contributed by atoms with Crippen LogP contribution >= 0.6 is 11.3 Å². The van der Waals surface area contributed by atoms with Crippen molar-refractivity contribution in [2.24, 2.45) is 5.92 Å². The number of H-pyrrole nitrogens is 1. The van der Waals surface area contributed by atoms with E-state index in [0.717, 1.165) is 42.7 Å². The Hall–Kier alpha value is -2.28. The second kappa shape index (κ2) is 5.73. The summed E-state index contributed by atoms with van der Waals surface area (Å²) in [4.78, 5) is 19.1. The van der Waals surface area contributed by atoms with E-state index in [0.29, 0.717) is 11.5 Å². The summed E-state index contributed by atoms with van der Waals surface area (Å²) in [5, 5.41) is 13.9. The number of thiazole rings is 1. The zero-order chi connectivity index (χ0) is 15.8. The first-order valence-electron chi connectivity index (χ1n) is 7.70. The summed E-state index contributed by atoms with van der Waals surface area (Å²) < 4.78 is 0. The number of carbonyl (C=O) groups is 1. The zero-order valence-corrected chi connectivity index (χ0v) is 13.6. The van der Waals surface area contributed by atoms with Gasteiger partial charge in [0, 0.05) is 36.1 Å². The molecule has 1 atom stereocenters. The van der Waals surface area contributed by atoms with Crippen molar-refractivity contribution in [1.29, 1.82) is 0 Å². The molecule has 0 spiro atoms. The molecule has 1 aliphatic heterocycles. The molecule has 1 fully saturated rings. The van der Waals surface area contributed by atoms with Gasteiger partial charge in [-0.15, -0.1) is 11.3 Å². The molecule has 1 N–H and O–H groups in total. The molecule has 2 aromatic heterocycles. The Morgan fingerprint density at radius 2 is 2.26 bits per heavy atom. The lowest BCUT2D eigenvalue weighted by Crippen LogP contribution is -2.28. The minimum atomic E-state index is 0.0766. The summed E-state index contributed by atoms with van der Waals surface area (Å²) in [5.41, 5.74) is 3.26. The molecule has 0 aliphatic carbocycles. The van der Waals surface area contributed by atoms with Gasteiger partial charge in [0.25, 0.3) is 5.91 Å². The molecule has 4 rings (SSSR count). The molecule has 7 heteroatoms. The Labute approximate surface area is 137 Å². The van der Waals surface area contributed by atoms with Gasteiger partial charge in [0.2, 0.25) is 0 Å². The summed E-state index contributed by atoms with van der Waals surface area (Å²) in [7, 11) is 0. The Balaban J connectivity index is 1.45. The van der Waals surface area contributed by atoms with Crippen molar-refractivity contribution in [3.63, 3.8) is 0 Å². The van der Waals surface area contributed by atoms with E-state index in [4.69, 9.17) is 0 Å². The molecule has 0 bridgehead atoms. The van der Waals surface area contributed by atoms with E-state index < -0.39 is 0 Å². The minimum absolute atomic E-state index is 0.0766. The number of benzene rings is 1. The van der Waals surface area contributed by atoms with E-state index in [1.165, 1.54) is 5.01 Å². The predicted octanol–water partition coefficient (Wildman–Crippen LogP) is 2.43. The van der Waals surface area contributed by atoms with Gasteiger partial charge in [-0.05, 0) is 37.5 Å². The average molecular weight is 327 g/mol. The number of fused-ring (bicyclic) bond motifs is 1. The molecule has 1 aliphatic rings. The molecular formula is C16H17N5OS. The third-order valence-corrected chi connectivity index (χ3v) is 5.26. The Morgan fingerprint density at radius 1 is 1.39 bits per heavy atom. The second-order valence-corrected chi connectivity index (χ2v) is 6.96. The summed E-state index contributed by atoms with van der Waals surface area (Å²) >= 11 is 1.71. The van der Waals surface area contributed by atoms with Crippen LogP contribution in [0.2, 0.25) is 0 Å². The maximum Gasteiger partial charge on any atom is 0.253 e. The van der Waals surface area contributed by atoms with E-state index in [-0.39, 0.29) is 5.91 Å². The maximum absolute atomic E-state index is 12.7. The number of aromatic amines is 1. The molecule has 23 heavy (non-hydrogen) atoms. The van der Waals surface area contributed by atoms with Gasteiger partial charge in [-0.3, -0.25) is 4.79 Å². The van der Waals surface area contributed by atoms with E-state index in [1.807, 2.05) is 24.0 Å². The molecule has 3 aromatic rings. The van der Waals surface area contributed by atoms with Crippen LogP contribution in [0.1, 0.15) is 27.5 Å². The highest BCUT2D eigenvalue weighted by molar-refractivity contribution is 7.09. The van der Waals surface area contributed by atoms with Crippen molar-refractivity contribution >= 4 is 28.3 Å². The van der Waals surface area contributed by atoms with Gasteiger partial charge in [-0.25, -0.2) is 4.98 Å². The summed E-state index contributed by atoms with van der Waals surface area (Å²) in [6.45, 7) is 3.63. The van der Waals surface area contributed by atoms with Crippen LogP contribution in [0.25, 0.3) is 11.0 Å². The van der Waals surface area contributed by atoms with E-state index in [9.17, 15) is 4.79 Å². The molecule has 0 saturated carbocycles. The van der Waals surface area contributed by atoms with Gasteiger partial charge in [0.15, 0.2) is 0 Å². The van der Waals surface area contributed by atoms with Crippen LogP contribution < -0.4 is 0 Å². The first-order valence-corrected chi connectivity index (χ1v) is 8.58. The van der Waals surface area contributed by atoms with Gasteiger partial charge in [-0.2, -0.15) is 15.4 Å². The highest BCUT2D eigenvalue weighted by Gasteiger charge is 2.27. The lowest BCUT2D eigenvalue weighted by atomic mass is 10.1. The Bertz CT molecular complexity index is 855. The van der Waals surface area contributed by atoms with Crippen LogP contribution in [-0.4, -0.2) is 44.3 Å². The number of amides is 1. The standard InChI is InChI=1S/C16H17N5OS/c1-10-9-23-15(17-10)6-11-4-5-21(8-11)16(22)12-2-3-13-14(7-12)19-20-18-13/h2-3,7,9,11H,4-6,8H2,1H3,(H,18,19,20). The minimum Gasteiger partial charge on any atom is -0.338 e. The number of hydrogen-bond donors (Lipinski definition) is 1. The van der Waals surface area contributed by atoms with E-state index in [2.05, 4.69) is 25.8 Å². The summed E-state index contributed by atoms with van der Waals surface area (Å²) in [6.07, 6.45) is 2.00. The third kappa shape index (κ3) is 2.84. The molecule has 6 nitrogen and oxygen atoms in total. The fourth-order valence-electron chi connectivity index (χ4n) is 3.08. The molecule has 1 unspecified atom stereocenters. The highest BCUT2D eigenvalue weighted by Crippen LogP contribution is 2.24. The summed E-state index contributed by atoms with van der Waals surface area (Å²) in [6, 6.07) is 5.46. The van der Waals surface area contributed by atoms with Gasteiger partial charge in [0.05, 0.1) is 5.01 Å². The number of aryl methyl sites for hydroxylation is 1. The van der Waals surface area contributed by atoms with Gasteiger partial charge >= 0.3 is 0 Å². The summed E-state index contributed by atoms with van der Waals surface area (Å²) in [5.74, 6) is 0.577. The first kappa shape index (κ1) is 14.3. The number of likely N-dealkylation sites (tertiary alicyclic amines) is 1. The van der Waals surface area contributed by atoms with Gasteiger partial charge in [0.1, 0.15) is 11.0 Å². The van der Waals surface area contributed by atoms with Crippen LogP contribution in [0.15, 0.2) is 23.6 Å². The Morgan fingerprint density at radius 3 is 3.09 bits per heavy atom. The van der Waals surface area contributed by atoms with Gasteiger partial charge in [-0.1, -0.05) is 0 Å². The largest absolute Gasteiger partial charge is 0.338 e. The normalized spacial score (nSPS) is 18.0. The number of nitrogens with one attached hydrogen (secondary N) is 1. The number of aromatic nitrogens is 4. The number of carbonyl (C=O) groups excluding carboxylic acids is 1. The van der Waals surface area contributed by atoms with Crippen LogP contribution in [0.5, 0.6) is 0 Å². The van der Waals surface area contributed by atoms with Crippen LogP contribution in [0, 0.1) is 12.8 Å². The van der Waals surface area contributed by atoms with Crippen molar-refractivity contribution in [3.05, 3.63) is 39.8 Å². The van der Waals surface area contributed by atoms with Crippen molar-refractivity contribution in [1.82, 2.24) is 25.3 Å². The van der Waals surface area contributed by atoms with Crippen LogP contribution in [-0.2, 0) is 6.42 Å². The molecule has 1 aromatic carbocycles. The number of hydrogen-bond acceptors (Lipinski definition) is 5. The molecule has 3 heterocycles. The highest BCUT2D eigenvalue weighted by atomic mass is 32.1. The molecule has 1 saturated heterocycles. The molecule has 118 valence electrons. The van der Waals surface area contributed by atoms with Crippen molar-refractivity contribution < 1.29 is 4.79 Å². The fraction of sp³-hybridized carbons (Fsp3) is 0.375. The van der Waals surface area contributed by atoms with Crippen LogP contribution in [0.4, 0.5) is 0 Å². The molecular weight excluding hydrogens is 310 g/mol. The quantitative estimate of drug-likeness (QED) is 0.802. The second-order valence-electron chi connectivity index (χ2n) is 6.02. The van der Waals surface area contributed by atoms with E-state index in [1.54, 1.807) is 17.4 Å². The Kier molecular flexibility index (Phi) is 3.57. The third-order valence-electron chi connectivity index (χ3n) is 4.27. The lowest BCUT2D eigenvalue weighted by Gasteiger charge is -2.16. The molecule has 0 radical (unpaired) electrons. The van der Waals surface area contributed by atoms with Gasteiger partial charge < -0.3 is 4.90 Å². The maximum atomic E-state index is 12.7. The lowest BCUT2D eigenvalue weighted by molar-refractivity contribution is 0.0787. The fourth-order valence-corrected chi connectivity index (χ4v) is 3.97. The van der Waals surface area contributed by atoms with Crippen molar-refractivity contribution in [2.75, 3.05) is 13.1 Å². The van der Waals surface area contributed by atoms with Crippen molar-refractivity contribution in [3.8, 4) is 0 Å².